The Morgan fingerprint density at radius 2 is 1.91 bits per heavy atom. The van der Waals surface area contributed by atoms with E-state index in [1.807, 2.05) is 36.8 Å². The van der Waals surface area contributed by atoms with Crippen LogP contribution in [-0.2, 0) is 17.1 Å². The highest BCUT2D eigenvalue weighted by Gasteiger charge is 2.58. The predicted molar refractivity (Wildman–Crippen MR) is 162 cm³/mol. The van der Waals surface area contributed by atoms with Crippen molar-refractivity contribution in [3.05, 3.63) is 68.4 Å². The molecule has 1 saturated carbocycles. The molecule has 4 heterocycles. The van der Waals surface area contributed by atoms with Gasteiger partial charge in [0.15, 0.2) is 5.69 Å². The summed E-state index contributed by atoms with van der Waals surface area (Å²) in [5.41, 5.74) is 3.08. The number of nitrogens with one attached hydrogen (secondary N) is 3. The van der Waals surface area contributed by atoms with E-state index in [1.165, 1.54) is 6.07 Å². The number of carbonyl (C=O) groups is 1. The number of nitrogens with zero attached hydrogens (tertiary/aromatic N) is 5. The summed E-state index contributed by atoms with van der Waals surface area (Å²) in [7, 11) is -0.492. The molecule has 1 unspecified atom stereocenters. The van der Waals surface area contributed by atoms with Crippen LogP contribution in [0.3, 0.4) is 0 Å². The van der Waals surface area contributed by atoms with Gasteiger partial charge in [-0.15, -0.1) is 0 Å². The Labute approximate surface area is 252 Å². The Hall–Kier alpha value is -4.17. The van der Waals surface area contributed by atoms with E-state index in [0.717, 1.165) is 36.2 Å². The number of methoxy groups -OCH3 is 1. The fraction of sp³-hybridized carbons (Fsp3) is 0.393. The molecular formula is C28H31ClN8O5S. The van der Waals surface area contributed by atoms with E-state index in [9.17, 15) is 18.0 Å². The summed E-state index contributed by atoms with van der Waals surface area (Å²) in [4.78, 5) is 37.6. The average Bonchev–Trinajstić information content (AvgIpc) is 3.27. The minimum absolute atomic E-state index is 0.0324. The second-order valence-electron chi connectivity index (χ2n) is 11.2. The predicted octanol–water partition coefficient (Wildman–Crippen LogP) is 2.73. The highest BCUT2D eigenvalue weighted by Crippen LogP contribution is 2.58. The number of aromatic nitrogens is 5. The number of benzene rings is 1. The van der Waals surface area contributed by atoms with E-state index >= 15 is 0 Å². The molecule has 0 spiro atoms. The first kappa shape index (κ1) is 28.9. The molecule has 3 N–H and O–H groups in total. The second-order valence-corrected chi connectivity index (χ2v) is 13.4. The number of carbonyl (C=O) groups excluding carboxylic acids is 1. The molecule has 0 bridgehead atoms. The topological polar surface area (TPSA) is 164 Å². The third-order valence-corrected chi connectivity index (χ3v) is 8.90. The number of fused-ring (bicyclic) bond motifs is 2. The summed E-state index contributed by atoms with van der Waals surface area (Å²) in [6, 6.07) is 8.31. The van der Waals surface area contributed by atoms with Crippen molar-refractivity contribution in [3.8, 4) is 5.88 Å². The van der Waals surface area contributed by atoms with Crippen LogP contribution in [0.15, 0.2) is 35.1 Å². The maximum absolute atomic E-state index is 13.6. The van der Waals surface area contributed by atoms with Gasteiger partial charge in [-0.25, -0.2) is 28.2 Å². The molecule has 1 saturated heterocycles. The number of H-pyrrole nitrogens is 1. The number of ether oxygens (including phenoxy) is 1. The number of hydrogen-bond donors (Lipinski definition) is 3. The van der Waals surface area contributed by atoms with Gasteiger partial charge in [-0.05, 0) is 49.4 Å². The molecule has 1 aromatic carbocycles. The molecule has 3 aromatic heterocycles. The number of anilines is 2. The number of halogens is 1. The monoisotopic (exact) mass is 626 g/mol. The summed E-state index contributed by atoms with van der Waals surface area (Å²) in [6.45, 7) is 5.27. The molecule has 4 atom stereocenters. The summed E-state index contributed by atoms with van der Waals surface area (Å²) >= 11 is 6.03. The fourth-order valence-corrected chi connectivity index (χ4v) is 6.71. The van der Waals surface area contributed by atoms with Crippen LogP contribution in [0.4, 0.5) is 11.6 Å². The Balaban J connectivity index is 1.32. The third kappa shape index (κ3) is 5.40. The number of pyridine rings is 1. The van der Waals surface area contributed by atoms with E-state index < -0.39 is 22.0 Å². The van der Waals surface area contributed by atoms with E-state index in [-0.39, 0.29) is 22.1 Å². The normalized spacial score (nSPS) is 20.1. The SMILES string of the molecule is COc1cc(C2[C@H]3CN(c4nc5c([C@@H](C)Nc6ccc(Cl)nc6C(=O)NS(C)(=O)=O)cc(C)cc5c(=O)n4C)C[C@@H]23)n[nH]1. The molecule has 1 amide bonds. The van der Waals surface area contributed by atoms with Gasteiger partial charge in [-0.1, -0.05) is 17.7 Å². The molecule has 2 aliphatic rings. The largest absolute Gasteiger partial charge is 0.481 e. The molecule has 43 heavy (non-hydrogen) atoms. The van der Waals surface area contributed by atoms with Gasteiger partial charge in [-0.2, -0.15) is 5.10 Å². The lowest BCUT2D eigenvalue weighted by Crippen LogP contribution is -2.32. The first-order valence-corrected chi connectivity index (χ1v) is 15.9. The summed E-state index contributed by atoms with van der Waals surface area (Å²) in [6.07, 6.45) is 0.881. The van der Waals surface area contributed by atoms with Crippen molar-refractivity contribution < 1.29 is 17.9 Å². The van der Waals surface area contributed by atoms with Crippen LogP contribution in [0.5, 0.6) is 5.88 Å². The smallest absolute Gasteiger partial charge is 0.285 e. The number of hydrogen-bond acceptors (Lipinski definition) is 10. The zero-order chi connectivity index (χ0) is 30.8. The van der Waals surface area contributed by atoms with Gasteiger partial charge in [0.25, 0.3) is 11.5 Å². The van der Waals surface area contributed by atoms with Crippen molar-refractivity contribution in [3.63, 3.8) is 0 Å². The average molecular weight is 627 g/mol. The number of sulfonamides is 1. The zero-order valence-corrected chi connectivity index (χ0v) is 25.7. The van der Waals surface area contributed by atoms with Crippen LogP contribution < -0.4 is 25.2 Å². The van der Waals surface area contributed by atoms with Crippen molar-refractivity contribution in [1.29, 1.82) is 0 Å². The van der Waals surface area contributed by atoms with E-state index in [2.05, 4.69) is 25.4 Å². The van der Waals surface area contributed by atoms with Gasteiger partial charge < -0.3 is 15.0 Å². The summed E-state index contributed by atoms with van der Waals surface area (Å²) < 4.78 is 32.2. The molecule has 1 aliphatic carbocycles. The second kappa shape index (κ2) is 10.5. The van der Waals surface area contributed by atoms with E-state index in [0.29, 0.717) is 40.5 Å². The Bertz CT molecular complexity index is 1930. The van der Waals surface area contributed by atoms with Crippen molar-refractivity contribution in [1.82, 2.24) is 29.5 Å². The third-order valence-electron chi connectivity index (χ3n) is 8.14. The van der Waals surface area contributed by atoms with E-state index in [1.54, 1.807) is 24.8 Å². The molecule has 13 nitrogen and oxygen atoms in total. The number of aryl methyl sites for hydroxylation is 1. The first-order chi connectivity index (χ1) is 20.3. The quantitative estimate of drug-likeness (QED) is 0.248. The summed E-state index contributed by atoms with van der Waals surface area (Å²) in [5.74, 6) is 1.47. The van der Waals surface area contributed by atoms with Crippen LogP contribution in [0.25, 0.3) is 10.9 Å². The van der Waals surface area contributed by atoms with Crippen LogP contribution >= 0.6 is 11.6 Å². The standard InChI is InChI=1S/C28H31ClN8O5S/c1-13-8-15(14(2)30-19-6-7-21(29)31-25(19)26(38)35-43(5,40)41)24-16(9-13)27(39)36(3)28(32-24)37-11-17-18(12-37)23(17)20-10-22(42-4)34-33-20/h6-10,14,17-18,23,30H,11-12H2,1-5H3,(H,33,34)(H,35,38)/t14-,17-,18+,23?/m1/s1. The molecule has 0 radical (unpaired) electrons. The van der Waals surface area contributed by atoms with Crippen LogP contribution in [-0.4, -0.2) is 65.5 Å². The maximum Gasteiger partial charge on any atom is 0.285 e. The first-order valence-electron chi connectivity index (χ1n) is 13.7. The Kier molecular flexibility index (Phi) is 7.08. The minimum atomic E-state index is -3.83. The number of piperidine rings is 1. The number of aromatic amines is 1. The van der Waals surface area contributed by atoms with Crippen LogP contribution in [0.1, 0.15) is 46.2 Å². The lowest BCUT2D eigenvalue weighted by molar-refractivity contribution is 0.0977. The van der Waals surface area contributed by atoms with Crippen LogP contribution in [0.2, 0.25) is 5.15 Å². The Morgan fingerprint density at radius 1 is 1.19 bits per heavy atom. The van der Waals surface area contributed by atoms with Crippen molar-refractivity contribution >= 4 is 50.1 Å². The van der Waals surface area contributed by atoms with Crippen LogP contribution in [0, 0.1) is 18.8 Å². The molecule has 6 rings (SSSR count). The maximum atomic E-state index is 13.6. The molecule has 226 valence electrons. The summed E-state index contributed by atoms with van der Waals surface area (Å²) in [5, 5.41) is 11.1. The number of rotatable bonds is 8. The zero-order valence-electron chi connectivity index (χ0n) is 24.2. The van der Waals surface area contributed by atoms with E-state index in [4.69, 9.17) is 21.3 Å². The highest BCUT2D eigenvalue weighted by atomic mass is 35.5. The van der Waals surface area contributed by atoms with Gasteiger partial charge in [-0.3, -0.25) is 14.2 Å². The van der Waals surface area contributed by atoms with Gasteiger partial charge in [0.1, 0.15) is 5.15 Å². The van der Waals surface area contributed by atoms with Crippen molar-refractivity contribution in [2.45, 2.75) is 25.8 Å². The number of amides is 1. The highest BCUT2D eigenvalue weighted by molar-refractivity contribution is 7.89. The van der Waals surface area contributed by atoms with Crippen molar-refractivity contribution in [2.24, 2.45) is 18.9 Å². The molecule has 1 aliphatic heterocycles. The molecule has 15 heteroatoms. The Morgan fingerprint density at radius 3 is 2.56 bits per heavy atom. The van der Waals surface area contributed by atoms with Gasteiger partial charge in [0.2, 0.25) is 21.9 Å². The molecule has 2 fully saturated rings. The fourth-order valence-electron chi connectivity index (χ4n) is 6.13. The van der Waals surface area contributed by atoms with Gasteiger partial charge in [0.05, 0.1) is 41.7 Å². The lowest BCUT2D eigenvalue weighted by atomic mass is 10.0. The molecule has 4 aromatic rings. The van der Waals surface area contributed by atoms with Gasteiger partial charge in [0, 0.05) is 37.7 Å². The lowest BCUT2D eigenvalue weighted by Gasteiger charge is -2.25. The van der Waals surface area contributed by atoms with Crippen molar-refractivity contribution in [2.75, 3.05) is 36.7 Å². The molecular weight excluding hydrogens is 596 g/mol. The van der Waals surface area contributed by atoms with Gasteiger partial charge >= 0.3 is 0 Å². The minimum Gasteiger partial charge on any atom is -0.481 e.